The molecular weight excluding hydrogens is 264 g/mol. The van der Waals surface area contributed by atoms with Crippen LogP contribution in [0.4, 0.5) is 0 Å². The lowest BCUT2D eigenvalue weighted by Gasteiger charge is -2.13. The van der Waals surface area contributed by atoms with E-state index in [0.717, 1.165) is 27.6 Å². The van der Waals surface area contributed by atoms with Gasteiger partial charge in [-0.3, -0.25) is 9.78 Å². The highest BCUT2D eigenvalue weighted by Crippen LogP contribution is 2.31. The van der Waals surface area contributed by atoms with Gasteiger partial charge >= 0.3 is 0 Å². The first-order chi connectivity index (χ1) is 9.10. The van der Waals surface area contributed by atoms with Gasteiger partial charge in [0.25, 0.3) is 0 Å². The average Bonchev–Trinajstić information content (AvgIpc) is 2.84. The summed E-state index contributed by atoms with van der Waals surface area (Å²) >= 11 is 6.10. The minimum atomic E-state index is -0.454. The highest BCUT2D eigenvalue weighted by Gasteiger charge is 2.25. The minimum Gasteiger partial charge on any atom is -0.387 e. The highest BCUT2D eigenvalue weighted by molar-refractivity contribution is 6.32. The van der Waals surface area contributed by atoms with Gasteiger partial charge in [-0.2, -0.15) is 0 Å². The SMILES string of the molecule is Cc1cc2c3c(cnc2cc1Cl)CN(C(=O)CO)C3. The number of aromatic nitrogens is 1. The number of benzene rings is 1. The van der Waals surface area contributed by atoms with Crippen molar-refractivity contribution in [2.45, 2.75) is 20.0 Å². The van der Waals surface area contributed by atoms with Crippen LogP contribution in [0.2, 0.25) is 5.02 Å². The summed E-state index contributed by atoms with van der Waals surface area (Å²) in [7, 11) is 0. The highest BCUT2D eigenvalue weighted by atomic mass is 35.5. The van der Waals surface area contributed by atoms with E-state index in [1.165, 1.54) is 0 Å². The van der Waals surface area contributed by atoms with E-state index >= 15 is 0 Å². The van der Waals surface area contributed by atoms with Gasteiger partial charge in [0.2, 0.25) is 5.91 Å². The van der Waals surface area contributed by atoms with Gasteiger partial charge < -0.3 is 10.0 Å². The Kier molecular flexibility index (Phi) is 2.92. The lowest BCUT2D eigenvalue weighted by Crippen LogP contribution is -2.27. The molecule has 0 aliphatic carbocycles. The number of aryl methyl sites for hydroxylation is 1. The summed E-state index contributed by atoms with van der Waals surface area (Å²) in [6.07, 6.45) is 1.79. The Balaban J connectivity index is 2.12. The number of carbonyl (C=O) groups is 1. The van der Waals surface area contributed by atoms with Gasteiger partial charge in [-0.25, -0.2) is 0 Å². The van der Waals surface area contributed by atoms with Crippen LogP contribution in [0.5, 0.6) is 0 Å². The second-order valence-corrected chi connectivity index (χ2v) is 5.20. The molecule has 0 spiro atoms. The quantitative estimate of drug-likeness (QED) is 0.867. The van der Waals surface area contributed by atoms with Crippen LogP contribution in [0.3, 0.4) is 0 Å². The number of pyridine rings is 1. The first kappa shape index (κ1) is 12.4. The first-order valence-electron chi connectivity index (χ1n) is 6.05. The van der Waals surface area contributed by atoms with Crippen molar-refractivity contribution < 1.29 is 9.90 Å². The molecule has 19 heavy (non-hydrogen) atoms. The maximum absolute atomic E-state index is 11.6. The number of aliphatic hydroxyl groups excluding tert-OH is 1. The standard InChI is InChI=1S/C14H13ClN2O2/c1-8-2-10-11-6-17(14(19)7-18)5-9(11)4-16-13(10)3-12(8)15/h2-4,18H,5-7H2,1H3. The van der Waals surface area contributed by atoms with E-state index in [0.29, 0.717) is 18.1 Å². The van der Waals surface area contributed by atoms with Gasteiger partial charge in [-0.1, -0.05) is 11.6 Å². The van der Waals surface area contributed by atoms with Crippen LogP contribution in [-0.4, -0.2) is 27.5 Å². The molecule has 1 aliphatic rings. The number of hydrogen-bond donors (Lipinski definition) is 1. The van der Waals surface area contributed by atoms with E-state index in [4.69, 9.17) is 16.7 Å². The lowest BCUT2D eigenvalue weighted by molar-refractivity contribution is -0.134. The average molecular weight is 277 g/mol. The molecule has 5 heteroatoms. The molecule has 1 aromatic heterocycles. The molecule has 1 aliphatic heterocycles. The van der Waals surface area contributed by atoms with E-state index in [1.54, 1.807) is 11.1 Å². The van der Waals surface area contributed by atoms with Crippen LogP contribution in [0, 0.1) is 6.92 Å². The van der Waals surface area contributed by atoms with Gasteiger partial charge in [0.05, 0.1) is 5.52 Å². The molecule has 0 bridgehead atoms. The number of amides is 1. The maximum Gasteiger partial charge on any atom is 0.248 e. The molecule has 0 saturated heterocycles. The second kappa shape index (κ2) is 4.47. The third-order valence-electron chi connectivity index (χ3n) is 3.55. The Morgan fingerprint density at radius 1 is 1.47 bits per heavy atom. The Bertz CT molecular complexity index is 685. The third kappa shape index (κ3) is 1.97. The smallest absolute Gasteiger partial charge is 0.248 e. The maximum atomic E-state index is 11.6. The van der Waals surface area contributed by atoms with Crippen LogP contribution >= 0.6 is 11.6 Å². The monoisotopic (exact) mass is 276 g/mol. The predicted molar refractivity (Wildman–Crippen MR) is 72.8 cm³/mol. The number of rotatable bonds is 1. The number of fused-ring (bicyclic) bond motifs is 3. The molecule has 98 valence electrons. The predicted octanol–water partition coefficient (Wildman–Crippen LogP) is 2.03. The molecule has 2 aromatic rings. The molecule has 1 amide bonds. The van der Waals surface area contributed by atoms with E-state index in [2.05, 4.69) is 4.98 Å². The van der Waals surface area contributed by atoms with Crippen molar-refractivity contribution in [3.63, 3.8) is 0 Å². The molecule has 3 rings (SSSR count). The van der Waals surface area contributed by atoms with Gasteiger partial charge in [-0.15, -0.1) is 0 Å². The van der Waals surface area contributed by atoms with Crippen molar-refractivity contribution >= 4 is 28.4 Å². The van der Waals surface area contributed by atoms with Crippen molar-refractivity contribution in [3.8, 4) is 0 Å². The zero-order valence-corrected chi connectivity index (χ0v) is 11.2. The first-order valence-corrected chi connectivity index (χ1v) is 6.43. The van der Waals surface area contributed by atoms with Crippen molar-refractivity contribution in [2.75, 3.05) is 6.61 Å². The minimum absolute atomic E-state index is 0.255. The topological polar surface area (TPSA) is 53.4 Å². The van der Waals surface area contributed by atoms with Crippen molar-refractivity contribution in [1.29, 1.82) is 0 Å². The summed E-state index contributed by atoms with van der Waals surface area (Å²) in [4.78, 5) is 17.6. The Hall–Kier alpha value is -1.65. The van der Waals surface area contributed by atoms with Crippen molar-refractivity contribution in [1.82, 2.24) is 9.88 Å². The molecule has 0 saturated carbocycles. The number of halogens is 1. The normalized spacial score (nSPS) is 13.9. The fraction of sp³-hybridized carbons (Fsp3) is 0.286. The molecule has 0 fully saturated rings. The van der Waals surface area contributed by atoms with E-state index in [-0.39, 0.29) is 5.91 Å². The van der Waals surface area contributed by atoms with Crippen LogP contribution < -0.4 is 0 Å². The Morgan fingerprint density at radius 3 is 3.00 bits per heavy atom. The van der Waals surface area contributed by atoms with Gasteiger partial charge in [0.1, 0.15) is 6.61 Å². The van der Waals surface area contributed by atoms with Crippen molar-refractivity contribution in [3.05, 3.63) is 40.0 Å². The number of hydrogen-bond acceptors (Lipinski definition) is 3. The van der Waals surface area contributed by atoms with Crippen molar-refractivity contribution in [2.24, 2.45) is 0 Å². The molecule has 0 unspecified atom stereocenters. The number of carbonyl (C=O) groups excluding carboxylic acids is 1. The molecule has 2 heterocycles. The summed E-state index contributed by atoms with van der Waals surface area (Å²) in [6.45, 7) is 2.53. The zero-order chi connectivity index (χ0) is 13.6. The summed E-state index contributed by atoms with van der Waals surface area (Å²) in [5.41, 5.74) is 3.98. The second-order valence-electron chi connectivity index (χ2n) is 4.79. The summed E-state index contributed by atoms with van der Waals surface area (Å²) in [6, 6.07) is 3.86. The lowest BCUT2D eigenvalue weighted by atomic mass is 10.0. The third-order valence-corrected chi connectivity index (χ3v) is 3.95. The summed E-state index contributed by atoms with van der Waals surface area (Å²) in [5.74, 6) is -0.255. The summed E-state index contributed by atoms with van der Waals surface area (Å²) < 4.78 is 0. The number of nitrogens with zero attached hydrogens (tertiary/aromatic N) is 2. The molecule has 1 N–H and O–H groups in total. The van der Waals surface area contributed by atoms with Crippen LogP contribution in [0.15, 0.2) is 18.3 Å². The van der Waals surface area contributed by atoms with Crippen LogP contribution in [0.25, 0.3) is 10.9 Å². The Morgan fingerprint density at radius 2 is 2.26 bits per heavy atom. The van der Waals surface area contributed by atoms with Crippen LogP contribution in [-0.2, 0) is 17.9 Å². The van der Waals surface area contributed by atoms with E-state index in [1.807, 2.05) is 19.1 Å². The van der Waals surface area contributed by atoms with Gasteiger partial charge in [0.15, 0.2) is 0 Å². The van der Waals surface area contributed by atoms with Gasteiger partial charge in [-0.05, 0) is 35.7 Å². The fourth-order valence-corrected chi connectivity index (χ4v) is 2.63. The summed E-state index contributed by atoms with van der Waals surface area (Å²) in [5, 5.41) is 10.7. The Labute approximate surface area is 115 Å². The van der Waals surface area contributed by atoms with E-state index < -0.39 is 6.61 Å². The molecule has 4 nitrogen and oxygen atoms in total. The zero-order valence-electron chi connectivity index (χ0n) is 10.5. The molecule has 0 radical (unpaired) electrons. The van der Waals surface area contributed by atoms with E-state index in [9.17, 15) is 4.79 Å². The molecule has 0 atom stereocenters. The largest absolute Gasteiger partial charge is 0.387 e. The fourth-order valence-electron chi connectivity index (χ4n) is 2.47. The van der Waals surface area contributed by atoms with Gasteiger partial charge in [0, 0.05) is 29.7 Å². The molecular formula is C14H13ClN2O2. The van der Waals surface area contributed by atoms with Crippen LogP contribution in [0.1, 0.15) is 16.7 Å². The number of aliphatic hydroxyl groups is 1. The molecule has 1 aromatic carbocycles.